The number of rotatable bonds is 6. The first-order chi connectivity index (χ1) is 8.24. The molecule has 0 bridgehead atoms. The van der Waals surface area contributed by atoms with Gasteiger partial charge in [0.2, 0.25) is 5.09 Å². The van der Waals surface area contributed by atoms with Gasteiger partial charge in [-0.25, -0.2) is 13.1 Å². The molecule has 0 radical (unpaired) electrons. The van der Waals surface area contributed by atoms with Crippen LogP contribution in [0.15, 0.2) is 21.6 Å². The third-order valence-corrected chi connectivity index (χ3v) is 3.43. The van der Waals surface area contributed by atoms with Crippen molar-refractivity contribution in [3.63, 3.8) is 0 Å². The molecular weight excluding hydrogens is 256 g/mol. The van der Waals surface area contributed by atoms with Crippen molar-refractivity contribution < 1.29 is 17.9 Å². The summed E-state index contributed by atoms with van der Waals surface area (Å²) in [7, 11) is -3.66. The van der Waals surface area contributed by atoms with Crippen molar-refractivity contribution in [1.82, 2.24) is 10.0 Å². The molecule has 1 aromatic heterocycles. The molecule has 0 aliphatic heterocycles. The van der Waals surface area contributed by atoms with E-state index >= 15 is 0 Å². The average molecular weight is 276 g/mol. The fourth-order valence-electron chi connectivity index (χ4n) is 1.20. The van der Waals surface area contributed by atoms with Gasteiger partial charge in [-0.05, 0) is 32.9 Å². The average Bonchev–Trinajstić information content (AvgIpc) is 2.72. The van der Waals surface area contributed by atoms with E-state index in [1.165, 1.54) is 6.07 Å². The molecule has 1 rings (SSSR count). The second-order valence-electron chi connectivity index (χ2n) is 4.95. The summed E-state index contributed by atoms with van der Waals surface area (Å²) in [6, 6.07) is 3.02. The summed E-state index contributed by atoms with van der Waals surface area (Å²) in [5.41, 5.74) is -0.0685. The normalized spacial score (nSPS) is 12.9. The number of furan rings is 1. The first-order valence-corrected chi connectivity index (χ1v) is 7.17. The summed E-state index contributed by atoms with van der Waals surface area (Å²) in [4.78, 5) is 0. The van der Waals surface area contributed by atoms with Gasteiger partial charge in [0.25, 0.3) is 10.0 Å². The zero-order valence-corrected chi connectivity index (χ0v) is 11.7. The molecule has 0 fully saturated rings. The second kappa shape index (κ2) is 5.83. The SMILES string of the molecule is CC(C)(C)NCc1ccc(S(=O)(=O)NCCO)o1. The molecule has 3 N–H and O–H groups in total. The fourth-order valence-corrected chi connectivity index (χ4v) is 2.17. The van der Waals surface area contributed by atoms with Crippen LogP contribution in [-0.2, 0) is 16.6 Å². The van der Waals surface area contributed by atoms with Crippen molar-refractivity contribution in [2.45, 2.75) is 37.9 Å². The van der Waals surface area contributed by atoms with E-state index in [2.05, 4.69) is 10.0 Å². The lowest BCUT2D eigenvalue weighted by molar-refractivity contribution is 0.300. The van der Waals surface area contributed by atoms with Crippen LogP contribution >= 0.6 is 0 Å². The van der Waals surface area contributed by atoms with E-state index < -0.39 is 10.0 Å². The topological polar surface area (TPSA) is 91.6 Å². The van der Waals surface area contributed by atoms with Gasteiger partial charge < -0.3 is 14.8 Å². The molecule has 7 heteroatoms. The Bertz CT molecular complexity index is 473. The molecule has 104 valence electrons. The summed E-state index contributed by atoms with van der Waals surface area (Å²) in [6.07, 6.45) is 0. The molecule has 6 nitrogen and oxygen atoms in total. The van der Waals surface area contributed by atoms with Crippen LogP contribution in [0.25, 0.3) is 0 Å². The Labute approximate surface area is 107 Å². The predicted octanol–water partition coefficient (Wildman–Crippen LogP) is 0.438. The first-order valence-electron chi connectivity index (χ1n) is 5.69. The Morgan fingerprint density at radius 2 is 2.00 bits per heavy atom. The Hall–Kier alpha value is -0.890. The van der Waals surface area contributed by atoms with Gasteiger partial charge in [0, 0.05) is 12.1 Å². The highest BCUT2D eigenvalue weighted by Crippen LogP contribution is 2.14. The van der Waals surface area contributed by atoms with E-state index in [0.29, 0.717) is 12.3 Å². The van der Waals surface area contributed by atoms with Gasteiger partial charge in [0.1, 0.15) is 5.76 Å². The van der Waals surface area contributed by atoms with E-state index in [4.69, 9.17) is 9.52 Å². The van der Waals surface area contributed by atoms with Gasteiger partial charge >= 0.3 is 0 Å². The summed E-state index contributed by atoms with van der Waals surface area (Å²) < 4.78 is 30.8. The van der Waals surface area contributed by atoms with Gasteiger partial charge in [-0.3, -0.25) is 0 Å². The molecule has 0 unspecified atom stereocenters. The van der Waals surface area contributed by atoms with E-state index in [-0.39, 0.29) is 23.8 Å². The molecule has 0 amide bonds. The Morgan fingerprint density at radius 3 is 2.56 bits per heavy atom. The van der Waals surface area contributed by atoms with Crippen LogP contribution < -0.4 is 10.0 Å². The van der Waals surface area contributed by atoms with Gasteiger partial charge in [-0.15, -0.1) is 0 Å². The Balaban J connectivity index is 2.68. The first kappa shape index (κ1) is 15.2. The fraction of sp³-hybridized carbons (Fsp3) is 0.636. The van der Waals surface area contributed by atoms with E-state index in [1.807, 2.05) is 20.8 Å². The number of nitrogens with one attached hydrogen (secondary N) is 2. The number of aliphatic hydroxyl groups excluding tert-OH is 1. The zero-order chi connectivity index (χ0) is 13.8. The maximum atomic E-state index is 11.7. The lowest BCUT2D eigenvalue weighted by Gasteiger charge is -2.19. The minimum absolute atomic E-state index is 0.0292. The van der Waals surface area contributed by atoms with Crippen LogP contribution in [0.2, 0.25) is 0 Å². The van der Waals surface area contributed by atoms with Crippen LogP contribution in [0.1, 0.15) is 26.5 Å². The van der Waals surface area contributed by atoms with Crippen molar-refractivity contribution in [1.29, 1.82) is 0 Å². The third-order valence-electron chi connectivity index (χ3n) is 2.10. The van der Waals surface area contributed by atoms with Crippen molar-refractivity contribution >= 4 is 10.0 Å². The lowest BCUT2D eigenvalue weighted by Crippen LogP contribution is -2.34. The molecule has 0 saturated heterocycles. The minimum atomic E-state index is -3.66. The van der Waals surface area contributed by atoms with E-state index in [9.17, 15) is 8.42 Å². The van der Waals surface area contributed by atoms with Gasteiger partial charge in [-0.1, -0.05) is 0 Å². The maximum absolute atomic E-state index is 11.7. The Morgan fingerprint density at radius 1 is 1.33 bits per heavy atom. The van der Waals surface area contributed by atoms with Crippen molar-refractivity contribution in [2.24, 2.45) is 0 Å². The van der Waals surface area contributed by atoms with Gasteiger partial charge in [0.15, 0.2) is 0 Å². The quantitative estimate of drug-likeness (QED) is 0.701. The summed E-state index contributed by atoms with van der Waals surface area (Å²) in [6.45, 7) is 6.21. The van der Waals surface area contributed by atoms with Crippen molar-refractivity contribution in [3.05, 3.63) is 17.9 Å². The molecular formula is C11H20N2O4S. The highest BCUT2D eigenvalue weighted by Gasteiger charge is 2.18. The highest BCUT2D eigenvalue weighted by atomic mass is 32.2. The number of sulfonamides is 1. The molecule has 0 aliphatic rings. The van der Waals surface area contributed by atoms with Crippen LogP contribution in [0, 0.1) is 0 Å². The number of aliphatic hydroxyl groups is 1. The standard InChI is InChI=1S/C11H20N2O4S/c1-11(2,3)12-8-9-4-5-10(17-9)18(15,16)13-6-7-14/h4-5,12-14H,6-8H2,1-3H3. The van der Waals surface area contributed by atoms with Crippen LogP contribution in [0.4, 0.5) is 0 Å². The van der Waals surface area contributed by atoms with Gasteiger partial charge in [-0.2, -0.15) is 0 Å². The van der Waals surface area contributed by atoms with Crippen LogP contribution in [-0.4, -0.2) is 32.2 Å². The molecule has 0 aliphatic carbocycles. The third kappa shape index (κ3) is 4.77. The van der Waals surface area contributed by atoms with E-state index in [0.717, 1.165) is 0 Å². The van der Waals surface area contributed by atoms with Gasteiger partial charge in [0.05, 0.1) is 13.2 Å². The Kier molecular flexibility index (Phi) is 4.92. The summed E-state index contributed by atoms with van der Waals surface area (Å²) >= 11 is 0. The molecule has 1 aromatic rings. The molecule has 1 heterocycles. The number of hydrogen-bond donors (Lipinski definition) is 3. The lowest BCUT2D eigenvalue weighted by atomic mass is 10.1. The van der Waals surface area contributed by atoms with Crippen molar-refractivity contribution in [3.8, 4) is 0 Å². The molecule has 18 heavy (non-hydrogen) atoms. The monoisotopic (exact) mass is 276 g/mol. The van der Waals surface area contributed by atoms with Crippen LogP contribution in [0.5, 0.6) is 0 Å². The summed E-state index contributed by atoms with van der Waals surface area (Å²) in [5.74, 6) is 0.550. The molecule has 0 aromatic carbocycles. The van der Waals surface area contributed by atoms with Crippen molar-refractivity contribution in [2.75, 3.05) is 13.2 Å². The second-order valence-corrected chi connectivity index (χ2v) is 6.64. The molecule has 0 saturated carbocycles. The molecule has 0 atom stereocenters. The summed E-state index contributed by atoms with van der Waals surface area (Å²) in [5, 5.41) is 11.6. The zero-order valence-electron chi connectivity index (χ0n) is 10.9. The largest absolute Gasteiger partial charge is 0.447 e. The minimum Gasteiger partial charge on any atom is -0.447 e. The van der Waals surface area contributed by atoms with E-state index in [1.54, 1.807) is 6.07 Å². The predicted molar refractivity (Wildman–Crippen MR) is 67.6 cm³/mol. The smallest absolute Gasteiger partial charge is 0.274 e. The number of hydrogen-bond acceptors (Lipinski definition) is 5. The van der Waals surface area contributed by atoms with Crippen LogP contribution in [0.3, 0.4) is 0 Å². The maximum Gasteiger partial charge on any atom is 0.274 e. The molecule has 0 spiro atoms. The highest BCUT2D eigenvalue weighted by molar-refractivity contribution is 7.89.